The van der Waals surface area contributed by atoms with Crippen molar-refractivity contribution in [3.63, 3.8) is 0 Å². The summed E-state index contributed by atoms with van der Waals surface area (Å²) in [6.45, 7) is 0.550. The Morgan fingerprint density at radius 1 is 1.45 bits per heavy atom. The molecule has 0 bridgehead atoms. The number of amides is 1. The van der Waals surface area contributed by atoms with E-state index in [1.54, 1.807) is 0 Å². The summed E-state index contributed by atoms with van der Waals surface area (Å²) in [5.41, 5.74) is -0.889. The highest BCUT2D eigenvalue weighted by molar-refractivity contribution is 5.95. The van der Waals surface area contributed by atoms with Gasteiger partial charge in [0.1, 0.15) is 11.6 Å². The largest absolute Gasteiger partial charge is 0.497 e. The van der Waals surface area contributed by atoms with Crippen LogP contribution >= 0.6 is 0 Å². The van der Waals surface area contributed by atoms with E-state index in [1.807, 2.05) is 0 Å². The summed E-state index contributed by atoms with van der Waals surface area (Å²) in [5, 5.41) is 9.54. The third-order valence-electron chi connectivity index (χ3n) is 4.99. The number of carbonyl (C=O) groups excluding carboxylic acids is 1. The van der Waals surface area contributed by atoms with Crippen LogP contribution in [0.3, 0.4) is 0 Å². The van der Waals surface area contributed by atoms with Crippen LogP contribution in [0.25, 0.3) is 0 Å². The zero-order valence-corrected chi connectivity index (χ0v) is 12.3. The van der Waals surface area contributed by atoms with Crippen molar-refractivity contribution in [2.45, 2.75) is 19.3 Å². The number of hydrogen-bond donors (Lipinski definition) is 1. The molecule has 1 saturated heterocycles. The molecule has 2 fully saturated rings. The highest BCUT2D eigenvalue weighted by Gasteiger charge is 2.55. The van der Waals surface area contributed by atoms with Crippen LogP contribution in [0.4, 0.5) is 4.39 Å². The lowest BCUT2D eigenvalue weighted by Gasteiger charge is -2.23. The Bertz CT molecular complexity index is 633. The van der Waals surface area contributed by atoms with Gasteiger partial charge in [0.05, 0.1) is 18.1 Å². The second kappa shape index (κ2) is 5.26. The van der Waals surface area contributed by atoms with E-state index in [1.165, 1.54) is 24.1 Å². The van der Waals surface area contributed by atoms with Crippen LogP contribution in [-0.2, 0) is 4.79 Å². The summed E-state index contributed by atoms with van der Waals surface area (Å²) < 4.78 is 19.0. The van der Waals surface area contributed by atoms with E-state index >= 15 is 0 Å². The number of hydrogen-bond acceptors (Lipinski definition) is 3. The van der Waals surface area contributed by atoms with Crippen LogP contribution in [0.5, 0.6) is 5.75 Å². The Labute approximate surface area is 127 Å². The molecule has 1 amide bonds. The molecule has 1 N–H and O–H groups in total. The van der Waals surface area contributed by atoms with E-state index in [0.29, 0.717) is 18.7 Å². The fourth-order valence-corrected chi connectivity index (χ4v) is 3.76. The fraction of sp³-hybridized carbons (Fsp3) is 0.500. The van der Waals surface area contributed by atoms with Gasteiger partial charge in [0, 0.05) is 19.2 Å². The Morgan fingerprint density at radius 2 is 2.23 bits per heavy atom. The van der Waals surface area contributed by atoms with Gasteiger partial charge in [0.2, 0.25) is 0 Å². The predicted molar refractivity (Wildman–Crippen MR) is 76.3 cm³/mol. The molecule has 118 valence electrons. The third-order valence-corrected chi connectivity index (χ3v) is 4.99. The second-order valence-electron chi connectivity index (χ2n) is 6.08. The zero-order valence-electron chi connectivity index (χ0n) is 12.3. The van der Waals surface area contributed by atoms with E-state index < -0.39 is 23.1 Å². The molecule has 1 aromatic rings. The molecule has 1 saturated carbocycles. The fourth-order valence-electron chi connectivity index (χ4n) is 3.76. The maximum Gasteiger partial charge on any atom is 0.311 e. The minimum Gasteiger partial charge on any atom is -0.497 e. The molecule has 22 heavy (non-hydrogen) atoms. The Hall–Kier alpha value is -2.11. The molecule has 1 aliphatic carbocycles. The van der Waals surface area contributed by atoms with Gasteiger partial charge in [-0.25, -0.2) is 4.39 Å². The van der Waals surface area contributed by atoms with Crippen molar-refractivity contribution in [3.05, 3.63) is 29.6 Å². The highest BCUT2D eigenvalue weighted by atomic mass is 19.1. The minimum atomic E-state index is -0.849. The molecule has 2 aliphatic rings. The highest BCUT2D eigenvalue weighted by Crippen LogP contribution is 2.49. The second-order valence-corrected chi connectivity index (χ2v) is 6.08. The predicted octanol–water partition coefficient (Wildman–Crippen LogP) is 2.16. The maximum atomic E-state index is 14.0. The first-order chi connectivity index (χ1) is 10.5. The summed E-state index contributed by atoms with van der Waals surface area (Å²) >= 11 is 0. The van der Waals surface area contributed by atoms with Crippen molar-refractivity contribution in [2.24, 2.45) is 11.3 Å². The normalized spacial score (nSPS) is 26.8. The Morgan fingerprint density at radius 3 is 2.82 bits per heavy atom. The van der Waals surface area contributed by atoms with Crippen LogP contribution in [-0.4, -0.2) is 42.1 Å². The van der Waals surface area contributed by atoms with E-state index in [0.717, 1.165) is 18.9 Å². The van der Waals surface area contributed by atoms with E-state index in [4.69, 9.17) is 4.74 Å². The van der Waals surface area contributed by atoms with E-state index in [-0.39, 0.29) is 18.0 Å². The SMILES string of the molecule is COc1ccc(C(=O)N2C[C@@H]3CCC[C@@]3(C(=O)O)C2)c(F)c1. The number of halogens is 1. The number of carboxylic acids is 1. The molecular formula is C16H18FNO4. The Kier molecular flexibility index (Phi) is 3.54. The number of likely N-dealkylation sites (tertiary alicyclic amines) is 1. The van der Waals surface area contributed by atoms with Gasteiger partial charge in [-0.2, -0.15) is 0 Å². The van der Waals surface area contributed by atoms with Crippen LogP contribution in [0.2, 0.25) is 0 Å². The first-order valence-corrected chi connectivity index (χ1v) is 7.34. The lowest BCUT2D eigenvalue weighted by molar-refractivity contribution is -0.149. The summed E-state index contributed by atoms with van der Waals surface area (Å²) in [5.74, 6) is -1.63. The van der Waals surface area contributed by atoms with E-state index in [9.17, 15) is 19.1 Å². The van der Waals surface area contributed by atoms with Crippen molar-refractivity contribution in [2.75, 3.05) is 20.2 Å². The summed E-state index contributed by atoms with van der Waals surface area (Å²) in [7, 11) is 1.43. The zero-order chi connectivity index (χ0) is 15.9. The Balaban J connectivity index is 1.84. The average molecular weight is 307 g/mol. The van der Waals surface area contributed by atoms with Gasteiger partial charge in [-0.3, -0.25) is 9.59 Å². The minimum absolute atomic E-state index is 0.0322. The van der Waals surface area contributed by atoms with Gasteiger partial charge >= 0.3 is 5.97 Å². The van der Waals surface area contributed by atoms with E-state index in [2.05, 4.69) is 0 Å². The van der Waals surface area contributed by atoms with Gasteiger partial charge in [-0.05, 0) is 30.9 Å². The smallest absolute Gasteiger partial charge is 0.311 e. The molecule has 2 atom stereocenters. The molecule has 3 rings (SSSR count). The van der Waals surface area contributed by atoms with Gasteiger partial charge in [-0.1, -0.05) is 6.42 Å². The monoisotopic (exact) mass is 307 g/mol. The van der Waals surface area contributed by atoms with Gasteiger partial charge in [-0.15, -0.1) is 0 Å². The van der Waals surface area contributed by atoms with Gasteiger partial charge in [0.15, 0.2) is 0 Å². The molecule has 0 spiro atoms. The maximum absolute atomic E-state index is 14.0. The average Bonchev–Trinajstić information content (AvgIpc) is 3.04. The molecule has 6 heteroatoms. The third kappa shape index (κ3) is 2.14. The number of nitrogens with zero attached hydrogens (tertiary/aromatic N) is 1. The first kappa shape index (κ1) is 14.8. The standard InChI is InChI=1S/C16H18FNO4/c1-22-11-4-5-12(13(17)7-11)14(19)18-8-10-3-2-6-16(10,9-18)15(20)21/h4-5,7,10H,2-3,6,8-9H2,1H3,(H,20,21)/t10-,16+/m0/s1. The lowest BCUT2D eigenvalue weighted by Crippen LogP contribution is -2.37. The molecule has 5 nitrogen and oxygen atoms in total. The molecule has 0 radical (unpaired) electrons. The number of carbonyl (C=O) groups is 2. The number of rotatable bonds is 3. The first-order valence-electron chi connectivity index (χ1n) is 7.34. The number of ether oxygens (including phenoxy) is 1. The van der Waals surface area contributed by atoms with Crippen molar-refractivity contribution in [1.29, 1.82) is 0 Å². The lowest BCUT2D eigenvalue weighted by atomic mass is 9.81. The van der Waals surface area contributed by atoms with Crippen LogP contribution in [0, 0.1) is 17.2 Å². The van der Waals surface area contributed by atoms with Crippen LogP contribution in [0.15, 0.2) is 18.2 Å². The topological polar surface area (TPSA) is 66.8 Å². The van der Waals surface area contributed by atoms with Crippen LogP contribution in [0.1, 0.15) is 29.6 Å². The summed E-state index contributed by atoms with van der Waals surface area (Å²) in [4.78, 5) is 25.6. The quantitative estimate of drug-likeness (QED) is 0.929. The molecule has 1 aliphatic heterocycles. The number of aliphatic carboxylic acids is 1. The molecular weight excluding hydrogens is 289 g/mol. The number of benzene rings is 1. The van der Waals surface area contributed by atoms with Crippen molar-refractivity contribution in [3.8, 4) is 5.75 Å². The molecule has 1 heterocycles. The summed E-state index contributed by atoms with van der Waals surface area (Å²) in [6.07, 6.45) is 2.26. The summed E-state index contributed by atoms with van der Waals surface area (Å²) in [6, 6.07) is 4.08. The van der Waals surface area contributed by atoms with Crippen molar-refractivity contribution in [1.82, 2.24) is 4.90 Å². The molecule has 1 aromatic carbocycles. The molecule has 0 aromatic heterocycles. The molecule has 0 unspecified atom stereocenters. The number of methoxy groups -OCH3 is 1. The van der Waals surface area contributed by atoms with Crippen molar-refractivity contribution < 1.29 is 23.8 Å². The number of carboxylic acid groups (broad SMARTS) is 1. The number of fused-ring (bicyclic) bond motifs is 1. The van der Waals surface area contributed by atoms with Crippen molar-refractivity contribution >= 4 is 11.9 Å². The van der Waals surface area contributed by atoms with Gasteiger partial charge < -0.3 is 14.7 Å². The van der Waals surface area contributed by atoms with Crippen LogP contribution < -0.4 is 4.74 Å². The van der Waals surface area contributed by atoms with Gasteiger partial charge in [0.25, 0.3) is 5.91 Å².